The van der Waals surface area contributed by atoms with E-state index in [1.54, 1.807) is 6.92 Å². The lowest BCUT2D eigenvalue weighted by atomic mass is 9.58. The van der Waals surface area contributed by atoms with E-state index in [1.807, 2.05) is 6.92 Å². The summed E-state index contributed by atoms with van der Waals surface area (Å²) in [6, 6.07) is 0. The van der Waals surface area contributed by atoms with Crippen molar-refractivity contribution >= 4 is 11.8 Å². The highest BCUT2D eigenvalue weighted by molar-refractivity contribution is 5.95. The van der Waals surface area contributed by atoms with E-state index < -0.39 is 17.0 Å². The molecule has 4 aliphatic carbocycles. The number of ether oxygens (including phenoxy) is 1. The van der Waals surface area contributed by atoms with E-state index in [4.69, 9.17) is 4.74 Å². The third-order valence-electron chi connectivity index (χ3n) is 10.8. The minimum absolute atomic E-state index is 0.0105. The van der Waals surface area contributed by atoms with E-state index in [0.717, 1.165) is 52.7 Å². The number of aliphatic carboxylic acids is 1. The van der Waals surface area contributed by atoms with Crippen LogP contribution in [0.3, 0.4) is 0 Å². The lowest BCUT2D eigenvalue weighted by molar-refractivity contribution is -0.152. The second-order valence-corrected chi connectivity index (χ2v) is 13.1. The second kappa shape index (κ2) is 7.44. The average molecular weight is 495 g/mol. The number of benzene rings is 1. The molecule has 6 nitrogen and oxygen atoms in total. The number of carboxylic acid groups (broad SMARTS) is 1. The molecule has 0 radical (unpaired) electrons. The third-order valence-corrected chi connectivity index (χ3v) is 10.8. The van der Waals surface area contributed by atoms with E-state index in [2.05, 4.69) is 13.5 Å². The Labute approximate surface area is 212 Å². The molecular formula is C30H38O6. The largest absolute Gasteiger partial charge is 0.481 e. The molecule has 1 heterocycles. The number of carbonyl (C=O) groups excluding carboxylic acids is 1. The molecule has 2 spiro atoms. The molecule has 3 saturated carbocycles. The van der Waals surface area contributed by atoms with E-state index in [1.165, 1.54) is 0 Å². The zero-order valence-electron chi connectivity index (χ0n) is 21.7. The van der Waals surface area contributed by atoms with Crippen molar-refractivity contribution in [3.8, 4) is 5.75 Å². The summed E-state index contributed by atoms with van der Waals surface area (Å²) in [7, 11) is 0. The van der Waals surface area contributed by atoms with Crippen molar-refractivity contribution < 1.29 is 29.6 Å². The first-order valence-electron chi connectivity index (χ1n) is 13.5. The molecule has 194 valence electrons. The van der Waals surface area contributed by atoms with Gasteiger partial charge in [0.25, 0.3) is 0 Å². The fourth-order valence-corrected chi connectivity index (χ4v) is 8.59. The Morgan fingerprint density at radius 2 is 1.72 bits per heavy atom. The lowest BCUT2D eigenvalue weighted by Gasteiger charge is -2.51. The number of fused-ring (bicyclic) bond motifs is 5. The van der Waals surface area contributed by atoms with Gasteiger partial charge in [0.1, 0.15) is 5.75 Å². The summed E-state index contributed by atoms with van der Waals surface area (Å²) >= 11 is 0. The maximum atomic E-state index is 14.4. The van der Waals surface area contributed by atoms with Gasteiger partial charge in [-0.1, -0.05) is 19.1 Å². The van der Waals surface area contributed by atoms with Crippen molar-refractivity contribution in [1.29, 1.82) is 0 Å². The van der Waals surface area contributed by atoms with Crippen LogP contribution in [-0.2, 0) is 35.3 Å². The first-order chi connectivity index (χ1) is 17.0. The maximum absolute atomic E-state index is 14.4. The summed E-state index contributed by atoms with van der Waals surface area (Å²) in [5.74, 6) is -0.0425. The molecule has 0 amide bonds. The zero-order valence-corrected chi connectivity index (χ0v) is 21.7. The van der Waals surface area contributed by atoms with E-state index >= 15 is 0 Å². The van der Waals surface area contributed by atoms with Crippen molar-refractivity contribution in [2.45, 2.75) is 84.2 Å². The number of rotatable bonds is 4. The van der Waals surface area contributed by atoms with Gasteiger partial charge in [0, 0.05) is 24.5 Å². The van der Waals surface area contributed by atoms with Crippen LogP contribution in [0.5, 0.6) is 5.75 Å². The average Bonchev–Trinajstić information content (AvgIpc) is 3.47. The fourth-order valence-electron chi connectivity index (χ4n) is 8.59. The van der Waals surface area contributed by atoms with Gasteiger partial charge in [-0.15, -0.1) is 0 Å². The van der Waals surface area contributed by atoms with Gasteiger partial charge in [0.2, 0.25) is 0 Å². The molecule has 3 N–H and O–H groups in total. The molecule has 6 rings (SSSR count). The molecule has 0 saturated heterocycles. The summed E-state index contributed by atoms with van der Waals surface area (Å²) in [6.07, 6.45) is 5.78. The standard InChI is InChI=1S/C30H38O6/c1-16-18(6-10-31)19-5-7-30(36-24(19)22-14-28(4,26(34)35)13-20(16)22)25(33)23-12-27(3,15-32)11-21(23)17(2)29(30)8-9-29/h21,23,31-32H,2,5-15H2,1,3-4H3,(H,34,35). The molecule has 5 atom stereocenters. The molecule has 0 bridgehead atoms. The van der Waals surface area contributed by atoms with Gasteiger partial charge in [-0.05, 0) is 111 Å². The molecule has 36 heavy (non-hydrogen) atoms. The lowest BCUT2D eigenvalue weighted by Crippen LogP contribution is -2.61. The van der Waals surface area contributed by atoms with E-state index in [9.17, 15) is 24.9 Å². The van der Waals surface area contributed by atoms with Crippen molar-refractivity contribution in [3.05, 3.63) is 40.0 Å². The molecule has 3 fully saturated rings. The Bertz CT molecular complexity index is 1210. The first kappa shape index (κ1) is 24.2. The van der Waals surface area contributed by atoms with Crippen molar-refractivity contribution in [2.24, 2.45) is 28.1 Å². The smallest absolute Gasteiger partial charge is 0.310 e. The van der Waals surface area contributed by atoms with Crippen LogP contribution in [0, 0.1) is 35.0 Å². The predicted molar refractivity (Wildman–Crippen MR) is 134 cm³/mol. The van der Waals surface area contributed by atoms with Gasteiger partial charge in [-0.3, -0.25) is 9.59 Å². The number of aliphatic hydroxyl groups excluding tert-OH is 2. The minimum atomic E-state index is -0.972. The summed E-state index contributed by atoms with van der Waals surface area (Å²) in [6.45, 7) is 10.5. The number of carboxylic acids is 1. The van der Waals surface area contributed by atoms with Gasteiger partial charge >= 0.3 is 5.97 Å². The Morgan fingerprint density at radius 1 is 1.06 bits per heavy atom. The van der Waals surface area contributed by atoms with Gasteiger partial charge in [0.05, 0.1) is 5.41 Å². The monoisotopic (exact) mass is 494 g/mol. The summed E-state index contributed by atoms with van der Waals surface area (Å²) in [4.78, 5) is 26.7. The summed E-state index contributed by atoms with van der Waals surface area (Å²) in [5.41, 5.74) is 3.71. The van der Waals surface area contributed by atoms with Crippen LogP contribution >= 0.6 is 0 Å². The van der Waals surface area contributed by atoms with Crippen LogP contribution in [0.1, 0.15) is 73.8 Å². The molecule has 6 heteroatoms. The fraction of sp³-hybridized carbons (Fsp3) is 0.667. The number of hydrogen-bond acceptors (Lipinski definition) is 5. The Kier molecular flexibility index (Phi) is 5.00. The third kappa shape index (κ3) is 2.86. The zero-order chi connectivity index (χ0) is 25.8. The number of ketones is 1. The topological polar surface area (TPSA) is 104 Å². The van der Waals surface area contributed by atoms with E-state index in [0.29, 0.717) is 44.3 Å². The van der Waals surface area contributed by atoms with Gasteiger partial charge in [-0.2, -0.15) is 0 Å². The Balaban J connectivity index is 1.49. The number of Topliss-reactive ketones (excluding diaryl/α,β-unsaturated/α-hetero) is 1. The van der Waals surface area contributed by atoms with Crippen LogP contribution in [0.25, 0.3) is 0 Å². The molecule has 1 aromatic carbocycles. The van der Waals surface area contributed by atoms with E-state index in [-0.39, 0.29) is 41.7 Å². The normalized spacial score (nSPS) is 37.6. The molecule has 1 aliphatic heterocycles. The number of aliphatic hydroxyl groups is 2. The number of hydrogen-bond donors (Lipinski definition) is 3. The molecule has 1 aromatic rings. The van der Waals surface area contributed by atoms with Crippen LogP contribution in [0.2, 0.25) is 0 Å². The van der Waals surface area contributed by atoms with Gasteiger partial charge in [0.15, 0.2) is 11.4 Å². The highest BCUT2D eigenvalue weighted by Gasteiger charge is 2.74. The molecule has 5 aliphatic rings. The Morgan fingerprint density at radius 3 is 2.33 bits per heavy atom. The van der Waals surface area contributed by atoms with Crippen LogP contribution < -0.4 is 4.74 Å². The molecule has 0 aromatic heterocycles. The van der Waals surface area contributed by atoms with Crippen molar-refractivity contribution in [1.82, 2.24) is 0 Å². The Hall–Kier alpha value is -2.18. The van der Waals surface area contributed by atoms with Gasteiger partial charge < -0.3 is 20.1 Å². The predicted octanol–water partition coefficient (Wildman–Crippen LogP) is 3.73. The highest BCUT2D eigenvalue weighted by Crippen LogP contribution is 2.71. The van der Waals surface area contributed by atoms with Gasteiger partial charge in [-0.25, -0.2) is 0 Å². The highest BCUT2D eigenvalue weighted by atomic mass is 16.5. The molecular weight excluding hydrogens is 456 g/mol. The number of carbonyl (C=O) groups is 2. The quantitative estimate of drug-likeness (QED) is 0.551. The first-order valence-corrected chi connectivity index (χ1v) is 13.5. The van der Waals surface area contributed by atoms with Crippen LogP contribution in [0.4, 0.5) is 0 Å². The maximum Gasteiger partial charge on any atom is 0.310 e. The second-order valence-electron chi connectivity index (χ2n) is 13.1. The van der Waals surface area contributed by atoms with Crippen molar-refractivity contribution in [2.75, 3.05) is 13.2 Å². The summed E-state index contributed by atoms with van der Waals surface area (Å²) in [5, 5.41) is 30.0. The van der Waals surface area contributed by atoms with Crippen molar-refractivity contribution in [3.63, 3.8) is 0 Å². The summed E-state index contributed by atoms with van der Waals surface area (Å²) < 4.78 is 7.04. The van der Waals surface area contributed by atoms with Crippen LogP contribution in [0.15, 0.2) is 12.2 Å². The van der Waals surface area contributed by atoms with Crippen LogP contribution in [-0.4, -0.2) is 45.9 Å². The molecule has 5 unspecified atom stereocenters. The SMILES string of the molecule is C=C1C2CC(C)(CO)CC2C(=O)C2(CCc3c(CCO)c(C)c4c(c3O2)CC(C)(C(=O)O)C4)C12CC2. The minimum Gasteiger partial charge on any atom is -0.481 e.